The van der Waals surface area contributed by atoms with Gasteiger partial charge in [-0.1, -0.05) is 43.3 Å². The monoisotopic (exact) mass is 383 g/mol. The van der Waals surface area contributed by atoms with Gasteiger partial charge in [0, 0.05) is 32.1 Å². The van der Waals surface area contributed by atoms with Gasteiger partial charge in [-0.25, -0.2) is 4.68 Å². The Morgan fingerprint density at radius 2 is 1.93 bits per heavy atom. The number of nitrogens with zero attached hydrogens (tertiary/aromatic N) is 4. The van der Waals surface area contributed by atoms with Crippen molar-refractivity contribution in [1.29, 1.82) is 0 Å². The summed E-state index contributed by atoms with van der Waals surface area (Å²) in [5.41, 5.74) is 0.319. The number of nitrogens with one attached hydrogen (secondary N) is 1. The van der Waals surface area contributed by atoms with E-state index < -0.39 is 0 Å². The molecule has 1 aromatic heterocycles. The Kier molecular flexibility index (Phi) is 8.07. The van der Waals surface area contributed by atoms with Crippen molar-refractivity contribution in [3.05, 3.63) is 59.9 Å². The Balaban J connectivity index is 1.96. The highest BCUT2D eigenvalue weighted by atomic mass is 16.2. The fourth-order valence-corrected chi connectivity index (χ4v) is 3.15. The molecule has 0 bridgehead atoms. The molecule has 1 aromatic carbocycles. The molecule has 2 rings (SSSR count). The Labute approximate surface area is 165 Å². The maximum atomic E-state index is 12.4. The van der Waals surface area contributed by atoms with Crippen molar-refractivity contribution < 1.29 is 4.79 Å². The number of benzene rings is 1. The Morgan fingerprint density at radius 1 is 1.25 bits per heavy atom. The summed E-state index contributed by atoms with van der Waals surface area (Å²) in [7, 11) is 0. The highest BCUT2D eigenvalue weighted by Gasteiger charge is 2.20. The van der Waals surface area contributed by atoms with Crippen LogP contribution in [0.5, 0.6) is 0 Å². The summed E-state index contributed by atoms with van der Waals surface area (Å²) in [6.07, 6.45) is 3.87. The number of fused-ring (bicyclic) bond motifs is 1. The van der Waals surface area contributed by atoms with Gasteiger partial charge in [-0.05, 0) is 18.1 Å². The first-order valence-corrected chi connectivity index (χ1v) is 9.53. The first kappa shape index (κ1) is 21.5. The molecular formula is C21H29N5O2. The zero-order valence-corrected chi connectivity index (χ0v) is 16.7. The molecule has 1 heterocycles. The SMILES string of the molecule is C=CCN(CC=C)[C@@H](CNC(=O)CCn1nnc2ccccc2c1=O)C(C)C. The minimum absolute atomic E-state index is 0.121. The van der Waals surface area contributed by atoms with E-state index in [2.05, 4.69) is 47.5 Å². The predicted octanol–water partition coefficient (Wildman–Crippen LogP) is 2.00. The first-order valence-electron chi connectivity index (χ1n) is 9.53. The van der Waals surface area contributed by atoms with E-state index in [-0.39, 0.29) is 30.5 Å². The van der Waals surface area contributed by atoms with Crippen molar-refractivity contribution in [3.63, 3.8) is 0 Å². The van der Waals surface area contributed by atoms with Gasteiger partial charge in [0.2, 0.25) is 5.91 Å². The highest BCUT2D eigenvalue weighted by molar-refractivity contribution is 5.77. The number of aromatic nitrogens is 3. The quantitative estimate of drug-likeness (QED) is 0.600. The van der Waals surface area contributed by atoms with Gasteiger partial charge in [-0.15, -0.1) is 18.3 Å². The number of carbonyl (C=O) groups is 1. The fraction of sp³-hybridized carbons (Fsp3) is 0.429. The van der Waals surface area contributed by atoms with Gasteiger partial charge in [0.1, 0.15) is 5.52 Å². The standard InChI is InChI=1S/C21H29N5O2/c1-5-12-25(13-6-2)19(16(3)4)15-22-20(27)11-14-26-21(28)17-9-7-8-10-18(17)23-24-26/h5-10,16,19H,1-2,11-15H2,3-4H3,(H,22,27)/t19-/m0/s1. The summed E-state index contributed by atoms with van der Waals surface area (Å²) in [5.74, 6) is 0.235. The molecule has 1 N–H and O–H groups in total. The molecule has 1 atom stereocenters. The van der Waals surface area contributed by atoms with Crippen LogP contribution in [0.15, 0.2) is 54.4 Å². The van der Waals surface area contributed by atoms with Gasteiger partial charge in [0.05, 0.1) is 11.9 Å². The predicted molar refractivity (Wildman–Crippen MR) is 112 cm³/mol. The van der Waals surface area contributed by atoms with Gasteiger partial charge < -0.3 is 5.32 Å². The van der Waals surface area contributed by atoms with E-state index in [4.69, 9.17) is 0 Å². The van der Waals surface area contributed by atoms with Crippen LogP contribution in [0, 0.1) is 5.92 Å². The highest BCUT2D eigenvalue weighted by Crippen LogP contribution is 2.10. The summed E-state index contributed by atoms with van der Waals surface area (Å²) in [6, 6.07) is 7.21. The molecule has 2 aromatic rings. The molecule has 7 heteroatoms. The molecule has 0 aliphatic rings. The second-order valence-corrected chi connectivity index (χ2v) is 7.03. The van der Waals surface area contributed by atoms with E-state index in [1.165, 1.54) is 4.68 Å². The molecule has 1 amide bonds. The number of aryl methyl sites for hydroxylation is 1. The second kappa shape index (κ2) is 10.5. The minimum atomic E-state index is -0.235. The molecular weight excluding hydrogens is 354 g/mol. The molecule has 7 nitrogen and oxygen atoms in total. The Hall–Kier alpha value is -2.80. The topological polar surface area (TPSA) is 80.1 Å². The van der Waals surface area contributed by atoms with Crippen molar-refractivity contribution in [2.24, 2.45) is 5.92 Å². The molecule has 0 aliphatic carbocycles. The zero-order valence-electron chi connectivity index (χ0n) is 16.7. The number of carbonyl (C=O) groups excluding carboxylic acids is 1. The Bertz CT molecular complexity index is 864. The Morgan fingerprint density at radius 3 is 2.57 bits per heavy atom. The molecule has 0 fully saturated rings. The van der Waals surface area contributed by atoms with Crippen molar-refractivity contribution >= 4 is 16.8 Å². The lowest BCUT2D eigenvalue weighted by Gasteiger charge is -2.33. The molecule has 0 saturated heterocycles. The van der Waals surface area contributed by atoms with E-state index in [0.717, 1.165) is 13.1 Å². The number of hydrogen-bond acceptors (Lipinski definition) is 5. The van der Waals surface area contributed by atoms with Crippen LogP contribution in [0.25, 0.3) is 10.9 Å². The summed E-state index contributed by atoms with van der Waals surface area (Å²) < 4.78 is 1.24. The maximum absolute atomic E-state index is 12.4. The average molecular weight is 383 g/mol. The van der Waals surface area contributed by atoms with Gasteiger partial charge in [0.15, 0.2) is 0 Å². The van der Waals surface area contributed by atoms with Crippen LogP contribution in [0.2, 0.25) is 0 Å². The summed E-state index contributed by atoms with van der Waals surface area (Å²) >= 11 is 0. The molecule has 150 valence electrons. The third kappa shape index (κ3) is 5.60. The van der Waals surface area contributed by atoms with Gasteiger partial charge >= 0.3 is 0 Å². The summed E-state index contributed by atoms with van der Waals surface area (Å²) in [4.78, 5) is 27.0. The normalized spacial score (nSPS) is 12.3. The largest absolute Gasteiger partial charge is 0.354 e. The van der Waals surface area contributed by atoms with Crippen molar-refractivity contribution in [2.45, 2.75) is 32.9 Å². The van der Waals surface area contributed by atoms with Crippen molar-refractivity contribution in [3.8, 4) is 0 Å². The zero-order chi connectivity index (χ0) is 20.5. The fourth-order valence-electron chi connectivity index (χ4n) is 3.15. The second-order valence-electron chi connectivity index (χ2n) is 7.03. The number of rotatable bonds is 11. The molecule has 0 spiro atoms. The molecule has 28 heavy (non-hydrogen) atoms. The first-order chi connectivity index (χ1) is 13.5. The van der Waals surface area contributed by atoms with Crippen LogP contribution in [0.1, 0.15) is 20.3 Å². The van der Waals surface area contributed by atoms with E-state index in [0.29, 0.717) is 23.4 Å². The van der Waals surface area contributed by atoms with Crippen LogP contribution in [-0.4, -0.2) is 51.5 Å². The van der Waals surface area contributed by atoms with Crippen LogP contribution in [-0.2, 0) is 11.3 Å². The number of hydrogen-bond donors (Lipinski definition) is 1. The van der Waals surface area contributed by atoms with E-state index >= 15 is 0 Å². The van der Waals surface area contributed by atoms with Gasteiger partial charge in [-0.2, -0.15) is 0 Å². The van der Waals surface area contributed by atoms with Crippen LogP contribution in [0.3, 0.4) is 0 Å². The smallest absolute Gasteiger partial charge is 0.277 e. The van der Waals surface area contributed by atoms with Gasteiger partial charge in [0.25, 0.3) is 5.56 Å². The lowest BCUT2D eigenvalue weighted by Crippen LogP contribution is -2.47. The van der Waals surface area contributed by atoms with Crippen LogP contribution >= 0.6 is 0 Å². The van der Waals surface area contributed by atoms with E-state index in [1.54, 1.807) is 24.3 Å². The van der Waals surface area contributed by atoms with Crippen molar-refractivity contribution in [2.75, 3.05) is 19.6 Å². The molecule has 0 saturated carbocycles. The molecule has 0 radical (unpaired) electrons. The summed E-state index contributed by atoms with van der Waals surface area (Å²) in [6.45, 7) is 14.0. The summed E-state index contributed by atoms with van der Waals surface area (Å²) in [5, 5.41) is 11.4. The number of amides is 1. The van der Waals surface area contributed by atoms with Crippen LogP contribution < -0.4 is 10.9 Å². The lowest BCUT2D eigenvalue weighted by atomic mass is 10.0. The molecule has 0 unspecified atom stereocenters. The third-order valence-corrected chi connectivity index (χ3v) is 4.65. The van der Waals surface area contributed by atoms with E-state index in [1.807, 2.05) is 12.2 Å². The average Bonchev–Trinajstić information content (AvgIpc) is 2.68. The van der Waals surface area contributed by atoms with Gasteiger partial charge in [-0.3, -0.25) is 14.5 Å². The molecule has 0 aliphatic heterocycles. The lowest BCUT2D eigenvalue weighted by molar-refractivity contribution is -0.121. The minimum Gasteiger partial charge on any atom is -0.354 e. The van der Waals surface area contributed by atoms with Crippen molar-refractivity contribution in [1.82, 2.24) is 25.2 Å². The maximum Gasteiger partial charge on any atom is 0.277 e. The van der Waals surface area contributed by atoms with Crippen LogP contribution in [0.4, 0.5) is 0 Å². The third-order valence-electron chi connectivity index (χ3n) is 4.65. The van der Waals surface area contributed by atoms with E-state index in [9.17, 15) is 9.59 Å².